The normalized spacial score (nSPS) is 22.8. The predicted octanol–water partition coefficient (Wildman–Crippen LogP) is 8.11. The second-order valence-corrected chi connectivity index (χ2v) is 7.86. The third kappa shape index (κ3) is 5.96. The van der Waals surface area contributed by atoms with Crippen LogP contribution in [0.15, 0.2) is 96.1 Å². The molecule has 1 aliphatic rings. The van der Waals surface area contributed by atoms with E-state index in [2.05, 4.69) is 111 Å². The lowest BCUT2D eigenvalue weighted by Gasteiger charge is -2.23. The second kappa shape index (κ2) is 10.7. The van der Waals surface area contributed by atoms with E-state index in [0.29, 0.717) is 11.8 Å². The fraction of sp³-hybridized carbons (Fsp3) is 0.286. The minimum Gasteiger partial charge on any atom is -0.0661 e. The van der Waals surface area contributed by atoms with Crippen LogP contribution < -0.4 is 0 Å². The van der Waals surface area contributed by atoms with Crippen molar-refractivity contribution in [3.63, 3.8) is 0 Å². The van der Waals surface area contributed by atoms with Crippen LogP contribution in [0.2, 0.25) is 0 Å². The smallest absolute Gasteiger partial charge is 0.00131 e. The summed E-state index contributed by atoms with van der Waals surface area (Å²) in [6.07, 6.45) is 18.8. The molecule has 0 heteroatoms. The average Bonchev–Trinajstić information content (AvgIpc) is 2.91. The molecule has 28 heavy (non-hydrogen) atoms. The van der Waals surface area contributed by atoms with Gasteiger partial charge >= 0.3 is 0 Å². The summed E-state index contributed by atoms with van der Waals surface area (Å²) in [6.45, 7) is 4.69. The summed E-state index contributed by atoms with van der Waals surface area (Å²) in [5.41, 5.74) is 5.57. The fourth-order valence-electron chi connectivity index (χ4n) is 4.07. The maximum absolute atomic E-state index is 2.40. The standard InChI is InChI=1S/C28H32/c1-23-13-9-10-21-27(24(2)14-11-19-25-15-5-3-6-16-25)28(23)22-12-20-26-17-7-4-8-18-26/h3-8,11-12,14-20,22-23,27H,9-10,13,21H2,1-2H3/b19-11+,20-12+,24-14+,28-22-. The first-order valence-corrected chi connectivity index (χ1v) is 10.6. The van der Waals surface area contributed by atoms with Crippen LogP contribution in [0.25, 0.3) is 12.2 Å². The Kier molecular flexibility index (Phi) is 7.67. The molecule has 0 amide bonds. The van der Waals surface area contributed by atoms with E-state index in [1.165, 1.54) is 42.4 Å². The van der Waals surface area contributed by atoms with Crippen molar-refractivity contribution in [3.8, 4) is 0 Å². The largest absolute Gasteiger partial charge is 0.0661 e. The Bertz CT molecular complexity index is 834. The molecular formula is C28H32. The molecule has 1 saturated carbocycles. The van der Waals surface area contributed by atoms with Gasteiger partial charge in [-0.15, -0.1) is 0 Å². The van der Waals surface area contributed by atoms with Crippen LogP contribution in [0.3, 0.4) is 0 Å². The van der Waals surface area contributed by atoms with Gasteiger partial charge in [0, 0.05) is 5.92 Å². The highest BCUT2D eigenvalue weighted by molar-refractivity contribution is 5.52. The molecule has 0 N–H and O–H groups in total. The molecule has 2 aromatic rings. The zero-order valence-corrected chi connectivity index (χ0v) is 17.2. The Balaban J connectivity index is 1.78. The topological polar surface area (TPSA) is 0 Å². The van der Waals surface area contributed by atoms with Gasteiger partial charge in [0.25, 0.3) is 0 Å². The van der Waals surface area contributed by atoms with Gasteiger partial charge in [-0.1, -0.05) is 128 Å². The summed E-state index contributed by atoms with van der Waals surface area (Å²) in [6, 6.07) is 21.1. The molecule has 144 valence electrons. The van der Waals surface area contributed by atoms with E-state index in [9.17, 15) is 0 Å². The molecule has 0 spiro atoms. The van der Waals surface area contributed by atoms with Gasteiger partial charge in [-0.3, -0.25) is 0 Å². The number of benzene rings is 2. The second-order valence-electron chi connectivity index (χ2n) is 7.86. The van der Waals surface area contributed by atoms with Crippen LogP contribution in [0.1, 0.15) is 50.7 Å². The summed E-state index contributed by atoms with van der Waals surface area (Å²) in [5.74, 6) is 1.20. The van der Waals surface area contributed by atoms with Crippen molar-refractivity contribution < 1.29 is 0 Å². The lowest BCUT2D eigenvalue weighted by atomic mass is 9.82. The Morgan fingerprint density at radius 2 is 1.36 bits per heavy atom. The Morgan fingerprint density at radius 1 is 0.786 bits per heavy atom. The van der Waals surface area contributed by atoms with Crippen LogP contribution in [0, 0.1) is 11.8 Å². The number of hydrogen-bond donors (Lipinski definition) is 0. The van der Waals surface area contributed by atoms with E-state index < -0.39 is 0 Å². The van der Waals surface area contributed by atoms with E-state index in [-0.39, 0.29) is 0 Å². The Labute approximate surface area is 171 Å². The molecule has 0 bridgehead atoms. The summed E-state index contributed by atoms with van der Waals surface area (Å²) in [5, 5.41) is 0. The van der Waals surface area contributed by atoms with Gasteiger partial charge in [0.2, 0.25) is 0 Å². The fourth-order valence-corrected chi connectivity index (χ4v) is 4.07. The first-order valence-electron chi connectivity index (χ1n) is 10.6. The number of allylic oxidation sites excluding steroid dienone is 6. The van der Waals surface area contributed by atoms with Crippen molar-refractivity contribution in [3.05, 3.63) is 107 Å². The van der Waals surface area contributed by atoms with E-state index >= 15 is 0 Å². The van der Waals surface area contributed by atoms with Crippen LogP contribution in [-0.4, -0.2) is 0 Å². The molecule has 0 nitrogen and oxygen atoms in total. The SMILES string of the molecule is C/C(=C\C=C\c1ccccc1)C1CCCCC(C)/C1=C/C=C/c1ccccc1. The third-order valence-electron chi connectivity index (χ3n) is 5.73. The van der Waals surface area contributed by atoms with Crippen molar-refractivity contribution in [2.45, 2.75) is 39.5 Å². The van der Waals surface area contributed by atoms with Gasteiger partial charge in [0.1, 0.15) is 0 Å². The molecule has 2 aromatic carbocycles. The highest BCUT2D eigenvalue weighted by atomic mass is 14.3. The monoisotopic (exact) mass is 368 g/mol. The van der Waals surface area contributed by atoms with E-state index in [0.717, 1.165) is 0 Å². The highest BCUT2D eigenvalue weighted by Gasteiger charge is 2.23. The number of hydrogen-bond acceptors (Lipinski definition) is 0. The van der Waals surface area contributed by atoms with E-state index in [1.807, 2.05) is 0 Å². The van der Waals surface area contributed by atoms with Crippen LogP contribution in [0.5, 0.6) is 0 Å². The lowest BCUT2D eigenvalue weighted by molar-refractivity contribution is 0.580. The molecular weight excluding hydrogens is 336 g/mol. The minimum absolute atomic E-state index is 0.554. The molecule has 0 aliphatic heterocycles. The van der Waals surface area contributed by atoms with Gasteiger partial charge in [-0.25, -0.2) is 0 Å². The quantitative estimate of drug-likeness (QED) is 0.369. The molecule has 0 radical (unpaired) electrons. The van der Waals surface area contributed by atoms with Gasteiger partial charge in [0.15, 0.2) is 0 Å². The number of rotatable bonds is 5. The third-order valence-corrected chi connectivity index (χ3v) is 5.73. The summed E-state index contributed by atoms with van der Waals surface area (Å²) < 4.78 is 0. The molecule has 1 aliphatic carbocycles. The molecule has 3 rings (SSSR count). The summed E-state index contributed by atoms with van der Waals surface area (Å²) in [7, 11) is 0. The van der Waals surface area contributed by atoms with Crippen molar-refractivity contribution >= 4 is 12.2 Å². The first-order chi connectivity index (χ1) is 13.7. The van der Waals surface area contributed by atoms with E-state index in [1.54, 1.807) is 5.57 Å². The van der Waals surface area contributed by atoms with Crippen LogP contribution in [0.4, 0.5) is 0 Å². The zero-order chi connectivity index (χ0) is 19.6. The molecule has 0 heterocycles. The summed E-state index contributed by atoms with van der Waals surface area (Å²) >= 11 is 0. The van der Waals surface area contributed by atoms with E-state index in [4.69, 9.17) is 0 Å². The average molecular weight is 369 g/mol. The van der Waals surface area contributed by atoms with Crippen molar-refractivity contribution in [1.82, 2.24) is 0 Å². The maximum Gasteiger partial charge on any atom is 0.00131 e. The first kappa shape index (κ1) is 20.1. The molecule has 2 unspecified atom stereocenters. The molecule has 0 aromatic heterocycles. The molecule has 1 fully saturated rings. The lowest BCUT2D eigenvalue weighted by Crippen LogP contribution is -2.10. The van der Waals surface area contributed by atoms with Crippen molar-refractivity contribution in [1.29, 1.82) is 0 Å². The highest BCUT2D eigenvalue weighted by Crippen LogP contribution is 2.37. The molecule has 0 saturated heterocycles. The zero-order valence-electron chi connectivity index (χ0n) is 17.2. The van der Waals surface area contributed by atoms with Gasteiger partial charge in [0.05, 0.1) is 0 Å². The molecule has 2 atom stereocenters. The van der Waals surface area contributed by atoms with Crippen LogP contribution >= 0.6 is 0 Å². The summed E-state index contributed by atoms with van der Waals surface area (Å²) in [4.78, 5) is 0. The van der Waals surface area contributed by atoms with Gasteiger partial charge in [-0.2, -0.15) is 0 Å². The minimum atomic E-state index is 0.554. The Morgan fingerprint density at radius 3 is 2.00 bits per heavy atom. The van der Waals surface area contributed by atoms with Crippen molar-refractivity contribution in [2.24, 2.45) is 11.8 Å². The van der Waals surface area contributed by atoms with Gasteiger partial charge < -0.3 is 0 Å². The predicted molar refractivity (Wildman–Crippen MR) is 124 cm³/mol. The maximum atomic E-state index is 2.40. The van der Waals surface area contributed by atoms with Crippen LogP contribution in [-0.2, 0) is 0 Å². The van der Waals surface area contributed by atoms with Gasteiger partial charge in [-0.05, 0) is 36.8 Å². The van der Waals surface area contributed by atoms with Crippen molar-refractivity contribution in [2.75, 3.05) is 0 Å². The Hall–Kier alpha value is -2.60.